The molecule has 0 aliphatic carbocycles. The van der Waals surface area contributed by atoms with Crippen molar-refractivity contribution in [1.82, 2.24) is 25.4 Å². The zero-order valence-electron chi connectivity index (χ0n) is 16.4. The van der Waals surface area contributed by atoms with Gasteiger partial charge in [0.1, 0.15) is 24.5 Å². The Hall–Kier alpha value is -2.05. The summed E-state index contributed by atoms with van der Waals surface area (Å²) in [7, 11) is 0. The van der Waals surface area contributed by atoms with E-state index in [1.807, 2.05) is 18.4 Å². The molecule has 0 aliphatic rings. The number of ether oxygens (including phenoxy) is 1. The first kappa shape index (κ1) is 25.0. The Balaban J connectivity index is 0.00000420. The predicted molar refractivity (Wildman–Crippen MR) is 116 cm³/mol. The van der Waals surface area contributed by atoms with E-state index in [-0.39, 0.29) is 36.3 Å². The number of guanidine groups is 1. The molecular weight excluding hydrogens is 500 g/mol. The Morgan fingerprint density at radius 2 is 2.03 bits per heavy atom. The van der Waals surface area contributed by atoms with Gasteiger partial charge < -0.3 is 19.9 Å². The number of benzene rings is 1. The molecule has 0 amide bonds. The third kappa shape index (κ3) is 8.46. The third-order valence-corrected chi connectivity index (χ3v) is 3.79. The molecule has 7 nitrogen and oxygen atoms in total. The number of nitrogens with one attached hydrogen (secondary N) is 2. The molecule has 2 N–H and O–H groups in total. The maximum atomic E-state index is 12.7. The van der Waals surface area contributed by atoms with Crippen molar-refractivity contribution in [2.45, 2.75) is 33.0 Å². The molecule has 0 spiro atoms. The average molecular weight is 526 g/mol. The first-order valence-electron chi connectivity index (χ1n) is 9.13. The van der Waals surface area contributed by atoms with Gasteiger partial charge in [0.05, 0.1) is 18.7 Å². The summed E-state index contributed by atoms with van der Waals surface area (Å²) in [6, 6.07) is 4.83. The van der Waals surface area contributed by atoms with E-state index < -0.39 is 11.7 Å². The maximum absolute atomic E-state index is 12.7. The Labute approximate surface area is 185 Å². The molecule has 1 heterocycles. The Bertz CT molecular complexity index is 766. The van der Waals surface area contributed by atoms with Crippen molar-refractivity contribution in [1.29, 1.82) is 0 Å². The monoisotopic (exact) mass is 526 g/mol. The number of aromatic nitrogens is 3. The SMILES string of the molecule is CCNC(=NCCn1cnnc1CC)NCCOc1cccc(C(F)(F)F)c1.I. The van der Waals surface area contributed by atoms with E-state index in [4.69, 9.17) is 4.74 Å². The van der Waals surface area contributed by atoms with Crippen molar-refractivity contribution in [2.75, 3.05) is 26.2 Å². The first-order valence-corrected chi connectivity index (χ1v) is 9.13. The second-order valence-corrected chi connectivity index (χ2v) is 5.86. The molecule has 2 rings (SSSR count). The van der Waals surface area contributed by atoms with Crippen molar-refractivity contribution < 1.29 is 17.9 Å². The first-order chi connectivity index (χ1) is 13.4. The lowest BCUT2D eigenvalue weighted by molar-refractivity contribution is -0.137. The van der Waals surface area contributed by atoms with Crippen LogP contribution in [0.4, 0.5) is 13.2 Å². The minimum atomic E-state index is -4.38. The lowest BCUT2D eigenvalue weighted by Gasteiger charge is -2.13. The highest BCUT2D eigenvalue weighted by molar-refractivity contribution is 14.0. The lowest BCUT2D eigenvalue weighted by atomic mass is 10.2. The molecule has 0 atom stereocenters. The van der Waals surface area contributed by atoms with Crippen LogP contribution >= 0.6 is 24.0 Å². The summed E-state index contributed by atoms with van der Waals surface area (Å²) in [5.41, 5.74) is -0.728. The van der Waals surface area contributed by atoms with E-state index in [9.17, 15) is 13.2 Å². The quantitative estimate of drug-likeness (QED) is 0.228. The molecule has 29 heavy (non-hydrogen) atoms. The summed E-state index contributed by atoms with van der Waals surface area (Å²) >= 11 is 0. The largest absolute Gasteiger partial charge is 0.492 e. The summed E-state index contributed by atoms with van der Waals surface area (Å²) < 4.78 is 45.5. The van der Waals surface area contributed by atoms with Gasteiger partial charge in [0.2, 0.25) is 0 Å². The molecule has 0 radical (unpaired) electrons. The number of alkyl halides is 3. The maximum Gasteiger partial charge on any atom is 0.416 e. The van der Waals surface area contributed by atoms with E-state index in [0.717, 1.165) is 24.4 Å². The van der Waals surface area contributed by atoms with Crippen molar-refractivity contribution in [2.24, 2.45) is 4.99 Å². The Morgan fingerprint density at radius 3 is 2.72 bits per heavy atom. The number of hydrogen-bond donors (Lipinski definition) is 2. The topological polar surface area (TPSA) is 76.4 Å². The zero-order valence-corrected chi connectivity index (χ0v) is 18.7. The molecule has 1 aromatic carbocycles. The van der Waals surface area contributed by atoms with Crippen LogP contribution in [0.15, 0.2) is 35.6 Å². The van der Waals surface area contributed by atoms with Crippen molar-refractivity contribution in [3.8, 4) is 5.75 Å². The van der Waals surface area contributed by atoms with Gasteiger partial charge in [-0.25, -0.2) is 0 Å². The second-order valence-electron chi connectivity index (χ2n) is 5.86. The van der Waals surface area contributed by atoms with Crippen LogP contribution in [0.2, 0.25) is 0 Å². The number of hydrogen-bond acceptors (Lipinski definition) is 4. The molecule has 0 unspecified atom stereocenters. The summed E-state index contributed by atoms with van der Waals surface area (Å²) in [5, 5.41) is 14.1. The minimum Gasteiger partial charge on any atom is -0.492 e. The molecule has 11 heteroatoms. The van der Waals surface area contributed by atoms with E-state index in [0.29, 0.717) is 32.1 Å². The summed E-state index contributed by atoms with van der Waals surface area (Å²) in [6.07, 6.45) is -1.91. The molecule has 0 bridgehead atoms. The molecule has 0 saturated carbocycles. The van der Waals surface area contributed by atoms with Gasteiger partial charge in [-0.1, -0.05) is 13.0 Å². The number of halogens is 4. The summed E-state index contributed by atoms with van der Waals surface area (Å²) in [6.45, 7) is 6.45. The minimum absolute atomic E-state index is 0. The molecule has 0 fully saturated rings. The molecule has 1 aromatic heterocycles. The van der Waals surface area contributed by atoms with E-state index in [1.165, 1.54) is 12.1 Å². The van der Waals surface area contributed by atoms with Crippen LogP contribution in [0.25, 0.3) is 0 Å². The molecule has 2 aromatic rings. The molecule has 0 saturated heterocycles. The Morgan fingerprint density at radius 1 is 1.24 bits per heavy atom. The highest BCUT2D eigenvalue weighted by atomic mass is 127. The smallest absolute Gasteiger partial charge is 0.416 e. The van der Waals surface area contributed by atoms with Crippen LogP contribution in [0.3, 0.4) is 0 Å². The normalized spacial score (nSPS) is 11.7. The van der Waals surface area contributed by atoms with Gasteiger partial charge in [-0.3, -0.25) is 4.99 Å². The number of nitrogens with zero attached hydrogens (tertiary/aromatic N) is 4. The van der Waals surface area contributed by atoms with Crippen LogP contribution in [-0.2, 0) is 19.1 Å². The molecule has 0 aliphatic heterocycles. The Kier molecular flexibility index (Phi) is 10.8. The van der Waals surface area contributed by atoms with Gasteiger partial charge in [0, 0.05) is 19.5 Å². The van der Waals surface area contributed by atoms with Crippen LogP contribution < -0.4 is 15.4 Å². The van der Waals surface area contributed by atoms with Crippen molar-refractivity contribution >= 4 is 29.9 Å². The third-order valence-electron chi connectivity index (χ3n) is 3.79. The molecular formula is C18H26F3IN6O. The summed E-state index contributed by atoms with van der Waals surface area (Å²) in [5.74, 6) is 1.70. The number of rotatable bonds is 9. The predicted octanol–water partition coefficient (Wildman–Crippen LogP) is 3.11. The van der Waals surface area contributed by atoms with Gasteiger partial charge in [0.25, 0.3) is 0 Å². The van der Waals surface area contributed by atoms with E-state index in [2.05, 4.69) is 25.8 Å². The van der Waals surface area contributed by atoms with Crippen molar-refractivity contribution in [3.05, 3.63) is 42.0 Å². The van der Waals surface area contributed by atoms with Crippen LogP contribution in [0.5, 0.6) is 5.75 Å². The lowest BCUT2D eigenvalue weighted by Crippen LogP contribution is -2.39. The fourth-order valence-corrected chi connectivity index (χ4v) is 2.45. The zero-order chi connectivity index (χ0) is 20.4. The van der Waals surface area contributed by atoms with Gasteiger partial charge in [-0.05, 0) is 25.1 Å². The van der Waals surface area contributed by atoms with E-state index in [1.54, 1.807) is 6.33 Å². The fraction of sp³-hybridized carbons (Fsp3) is 0.500. The molecule has 162 valence electrons. The summed E-state index contributed by atoms with van der Waals surface area (Å²) in [4.78, 5) is 4.47. The average Bonchev–Trinajstić information content (AvgIpc) is 3.12. The highest BCUT2D eigenvalue weighted by Crippen LogP contribution is 2.31. The van der Waals surface area contributed by atoms with Crippen LogP contribution in [-0.4, -0.2) is 47.0 Å². The number of aryl methyl sites for hydroxylation is 1. The van der Waals surface area contributed by atoms with Crippen LogP contribution in [0, 0.1) is 0 Å². The number of aliphatic imine (C=N–C) groups is 1. The van der Waals surface area contributed by atoms with Gasteiger partial charge >= 0.3 is 6.18 Å². The standard InChI is InChI=1S/C18H25F3N6O.HI/c1-3-16-26-25-13-27(16)10-8-23-17(22-4-2)24-9-11-28-15-7-5-6-14(12-15)18(19,20)21;/h5-7,12-13H,3-4,8-11H2,1-2H3,(H2,22,23,24);1H. The van der Waals surface area contributed by atoms with Gasteiger partial charge in [-0.2, -0.15) is 13.2 Å². The van der Waals surface area contributed by atoms with Crippen LogP contribution in [0.1, 0.15) is 25.2 Å². The van der Waals surface area contributed by atoms with E-state index >= 15 is 0 Å². The highest BCUT2D eigenvalue weighted by Gasteiger charge is 2.30. The fourth-order valence-electron chi connectivity index (χ4n) is 2.45. The van der Waals surface area contributed by atoms with Gasteiger partial charge in [0.15, 0.2) is 5.96 Å². The van der Waals surface area contributed by atoms with Crippen molar-refractivity contribution in [3.63, 3.8) is 0 Å². The second kappa shape index (κ2) is 12.5. The van der Waals surface area contributed by atoms with Gasteiger partial charge in [-0.15, -0.1) is 34.2 Å².